The fourth-order valence-electron chi connectivity index (χ4n) is 2.30. The van der Waals surface area contributed by atoms with Crippen LogP contribution in [0.3, 0.4) is 0 Å². The second-order valence-corrected chi connectivity index (χ2v) is 6.79. The summed E-state index contributed by atoms with van der Waals surface area (Å²) in [6.45, 7) is 3.67. The Bertz CT molecular complexity index is 583. The molecule has 2 aromatic heterocycles. The number of hydrogen-bond donors (Lipinski definition) is 2. The van der Waals surface area contributed by atoms with Gasteiger partial charge in [-0.2, -0.15) is 5.10 Å². The number of carbonyl (C=O) groups excluding carboxylic acids is 1. The van der Waals surface area contributed by atoms with Crippen LogP contribution in [0, 0.1) is 0 Å². The molecule has 0 aromatic carbocycles. The molecule has 1 aliphatic rings. The van der Waals surface area contributed by atoms with Crippen molar-refractivity contribution in [2.24, 2.45) is 0 Å². The molecule has 2 N–H and O–H groups in total. The zero-order chi connectivity index (χ0) is 14.5. The van der Waals surface area contributed by atoms with Gasteiger partial charge in [-0.05, 0) is 23.4 Å². The molecule has 3 rings (SSSR count). The largest absolute Gasteiger partial charge is 0.354 e. The molecule has 0 saturated heterocycles. The first-order valence-electron chi connectivity index (χ1n) is 6.84. The van der Waals surface area contributed by atoms with Crippen molar-refractivity contribution in [2.45, 2.75) is 18.1 Å². The molecular weight excluding hydrogens is 306 g/mol. The monoisotopic (exact) mass is 323 g/mol. The quantitative estimate of drug-likeness (QED) is 0.780. The molecule has 0 aliphatic carbocycles. The van der Waals surface area contributed by atoms with Gasteiger partial charge in [0.05, 0.1) is 5.75 Å². The molecule has 21 heavy (non-hydrogen) atoms. The molecule has 2 aromatic rings. The van der Waals surface area contributed by atoms with E-state index in [1.165, 1.54) is 28.5 Å². The maximum atomic E-state index is 11.7. The van der Waals surface area contributed by atoms with Crippen LogP contribution >= 0.6 is 23.1 Å². The number of aromatic amines is 1. The van der Waals surface area contributed by atoms with Gasteiger partial charge in [-0.1, -0.05) is 11.8 Å². The number of amides is 1. The lowest BCUT2D eigenvalue weighted by molar-refractivity contribution is -0.118. The molecule has 0 radical (unpaired) electrons. The molecule has 0 atom stereocenters. The highest BCUT2D eigenvalue weighted by Gasteiger charge is 2.16. The van der Waals surface area contributed by atoms with Gasteiger partial charge in [-0.25, -0.2) is 4.98 Å². The van der Waals surface area contributed by atoms with Crippen LogP contribution in [0.4, 0.5) is 0 Å². The van der Waals surface area contributed by atoms with E-state index >= 15 is 0 Å². The maximum absolute atomic E-state index is 11.7. The van der Waals surface area contributed by atoms with Crippen LogP contribution in [-0.4, -0.2) is 51.4 Å². The predicted molar refractivity (Wildman–Crippen MR) is 83.4 cm³/mol. The van der Waals surface area contributed by atoms with Gasteiger partial charge in [0.15, 0.2) is 5.16 Å². The van der Waals surface area contributed by atoms with E-state index in [1.807, 2.05) is 11.3 Å². The maximum Gasteiger partial charge on any atom is 0.230 e. The molecule has 8 heteroatoms. The fourth-order valence-corrected chi connectivity index (χ4v) is 3.80. The van der Waals surface area contributed by atoms with Gasteiger partial charge < -0.3 is 5.32 Å². The summed E-state index contributed by atoms with van der Waals surface area (Å²) in [5.41, 5.74) is 1.44. The summed E-state index contributed by atoms with van der Waals surface area (Å²) in [7, 11) is 0. The first kappa shape index (κ1) is 14.6. The summed E-state index contributed by atoms with van der Waals surface area (Å²) in [6.07, 6.45) is 2.57. The van der Waals surface area contributed by atoms with Crippen molar-refractivity contribution in [1.29, 1.82) is 0 Å². The van der Waals surface area contributed by atoms with Gasteiger partial charge >= 0.3 is 0 Å². The Labute approximate surface area is 131 Å². The number of rotatable bonds is 6. The highest BCUT2D eigenvalue weighted by atomic mass is 32.2. The Morgan fingerprint density at radius 2 is 2.52 bits per heavy atom. The summed E-state index contributed by atoms with van der Waals surface area (Å²) in [5.74, 6) is 0.397. The van der Waals surface area contributed by atoms with Crippen LogP contribution in [0.2, 0.25) is 0 Å². The van der Waals surface area contributed by atoms with Gasteiger partial charge in [-0.15, -0.1) is 11.3 Å². The number of hydrogen-bond acceptors (Lipinski definition) is 6. The van der Waals surface area contributed by atoms with E-state index in [0.29, 0.717) is 17.5 Å². The van der Waals surface area contributed by atoms with E-state index in [-0.39, 0.29) is 5.91 Å². The molecule has 0 bridgehead atoms. The normalized spacial score (nSPS) is 14.9. The number of H-pyrrole nitrogens is 1. The van der Waals surface area contributed by atoms with Crippen molar-refractivity contribution in [3.05, 3.63) is 28.2 Å². The molecular formula is C13H17N5OS2. The van der Waals surface area contributed by atoms with Crippen LogP contribution in [0.1, 0.15) is 10.4 Å². The number of carbonyl (C=O) groups is 1. The van der Waals surface area contributed by atoms with E-state index in [2.05, 4.69) is 36.8 Å². The van der Waals surface area contributed by atoms with E-state index in [4.69, 9.17) is 0 Å². The number of nitrogens with one attached hydrogen (secondary N) is 2. The Balaban J connectivity index is 1.34. The number of nitrogens with zero attached hydrogens (tertiary/aromatic N) is 3. The Kier molecular flexibility index (Phi) is 4.89. The predicted octanol–water partition coefficient (Wildman–Crippen LogP) is 1.13. The third kappa shape index (κ3) is 4.05. The zero-order valence-electron chi connectivity index (χ0n) is 11.5. The van der Waals surface area contributed by atoms with Crippen LogP contribution in [0.5, 0.6) is 0 Å². The highest BCUT2D eigenvalue weighted by molar-refractivity contribution is 7.99. The van der Waals surface area contributed by atoms with Crippen LogP contribution in [0.15, 0.2) is 22.9 Å². The molecule has 112 valence electrons. The summed E-state index contributed by atoms with van der Waals surface area (Å²) < 4.78 is 0. The lowest BCUT2D eigenvalue weighted by Crippen LogP contribution is -2.37. The van der Waals surface area contributed by atoms with Crippen molar-refractivity contribution in [3.63, 3.8) is 0 Å². The molecule has 0 saturated carbocycles. The number of thioether (sulfide) groups is 1. The summed E-state index contributed by atoms with van der Waals surface area (Å²) in [5, 5.41) is 12.2. The Hall–Kier alpha value is -1.38. The van der Waals surface area contributed by atoms with Gasteiger partial charge in [0.1, 0.15) is 6.33 Å². The van der Waals surface area contributed by atoms with E-state index in [0.717, 1.165) is 26.1 Å². The molecule has 1 aliphatic heterocycles. The summed E-state index contributed by atoms with van der Waals surface area (Å²) >= 11 is 3.21. The van der Waals surface area contributed by atoms with Crippen LogP contribution in [0.25, 0.3) is 0 Å². The van der Waals surface area contributed by atoms with Crippen molar-refractivity contribution in [1.82, 2.24) is 25.4 Å². The van der Waals surface area contributed by atoms with Gasteiger partial charge in [0, 0.05) is 31.1 Å². The summed E-state index contributed by atoms with van der Waals surface area (Å²) in [6, 6.07) is 2.21. The minimum absolute atomic E-state index is 0.0321. The van der Waals surface area contributed by atoms with Gasteiger partial charge in [0.2, 0.25) is 5.91 Å². The first-order valence-corrected chi connectivity index (χ1v) is 8.70. The Morgan fingerprint density at radius 3 is 3.38 bits per heavy atom. The lowest BCUT2D eigenvalue weighted by atomic mass is 10.1. The topological polar surface area (TPSA) is 73.9 Å². The first-order chi connectivity index (χ1) is 10.3. The zero-order valence-corrected chi connectivity index (χ0v) is 13.2. The average Bonchev–Trinajstić information content (AvgIpc) is 3.16. The smallest absolute Gasteiger partial charge is 0.230 e. The van der Waals surface area contributed by atoms with E-state index in [9.17, 15) is 4.79 Å². The second kappa shape index (κ2) is 7.06. The average molecular weight is 323 g/mol. The molecule has 3 heterocycles. The van der Waals surface area contributed by atoms with Crippen molar-refractivity contribution in [2.75, 3.05) is 25.4 Å². The second-order valence-electron chi connectivity index (χ2n) is 4.82. The third-order valence-electron chi connectivity index (χ3n) is 3.37. The fraction of sp³-hybridized carbons (Fsp3) is 0.462. The minimum Gasteiger partial charge on any atom is -0.354 e. The standard InChI is InChI=1S/C13H17N5OS2/c19-12(8-21-13-15-9-16-17-13)14-3-5-18-4-1-11-10(7-18)2-6-20-11/h2,6,9H,1,3-5,7-8H2,(H,14,19)(H,15,16,17). The van der Waals surface area contributed by atoms with Crippen LogP contribution in [-0.2, 0) is 17.8 Å². The minimum atomic E-state index is 0.0321. The third-order valence-corrected chi connectivity index (χ3v) is 5.27. The van der Waals surface area contributed by atoms with Crippen molar-refractivity contribution >= 4 is 29.0 Å². The van der Waals surface area contributed by atoms with Gasteiger partial charge in [0.25, 0.3) is 0 Å². The van der Waals surface area contributed by atoms with E-state index < -0.39 is 0 Å². The molecule has 1 amide bonds. The summed E-state index contributed by atoms with van der Waals surface area (Å²) in [4.78, 5) is 19.6. The SMILES string of the molecule is O=C(CSc1ncn[nH]1)NCCN1CCc2sccc2C1. The number of aromatic nitrogens is 3. The lowest BCUT2D eigenvalue weighted by Gasteiger charge is -2.26. The molecule has 0 spiro atoms. The van der Waals surface area contributed by atoms with Crippen LogP contribution < -0.4 is 5.32 Å². The van der Waals surface area contributed by atoms with Crippen molar-refractivity contribution in [3.8, 4) is 0 Å². The molecule has 0 fully saturated rings. The van der Waals surface area contributed by atoms with Crippen molar-refractivity contribution < 1.29 is 4.79 Å². The Morgan fingerprint density at radius 1 is 1.57 bits per heavy atom. The van der Waals surface area contributed by atoms with E-state index in [1.54, 1.807) is 0 Å². The number of fused-ring (bicyclic) bond motifs is 1. The van der Waals surface area contributed by atoms with Gasteiger partial charge in [-0.3, -0.25) is 14.8 Å². The molecule has 6 nitrogen and oxygen atoms in total. The highest BCUT2D eigenvalue weighted by Crippen LogP contribution is 2.23. The molecule has 0 unspecified atom stereocenters. The number of thiophene rings is 1.